The quantitative estimate of drug-likeness (QED) is 0.748. The van der Waals surface area contributed by atoms with E-state index in [9.17, 15) is 13.2 Å². The molecule has 2 rings (SSSR count). The Morgan fingerprint density at radius 2 is 1.91 bits per heavy atom. The highest BCUT2D eigenvalue weighted by atomic mass is 32.2. The summed E-state index contributed by atoms with van der Waals surface area (Å²) in [5.74, 6) is -0.257. The molecule has 1 N–H and O–H groups in total. The van der Waals surface area contributed by atoms with Gasteiger partial charge in [-0.3, -0.25) is 4.79 Å². The second-order valence-corrected chi connectivity index (χ2v) is 6.73. The molecule has 0 spiro atoms. The monoisotopic (exact) mass is 328 g/mol. The van der Waals surface area contributed by atoms with Crippen molar-refractivity contribution in [3.63, 3.8) is 0 Å². The summed E-state index contributed by atoms with van der Waals surface area (Å²) in [6, 6.07) is 5.93. The number of methoxy groups -OCH3 is 1. The minimum Gasteiger partial charge on any atom is -0.383 e. The van der Waals surface area contributed by atoms with E-state index in [1.165, 1.54) is 28.6 Å². The Morgan fingerprint density at radius 3 is 2.50 bits per heavy atom. The normalized spacial score (nSPS) is 16.4. The highest BCUT2D eigenvalue weighted by Crippen LogP contribution is 2.17. The summed E-state index contributed by atoms with van der Waals surface area (Å²) >= 11 is 0. The molecular formula is C14H20N2O5S. The van der Waals surface area contributed by atoms with E-state index >= 15 is 0 Å². The van der Waals surface area contributed by atoms with E-state index < -0.39 is 10.0 Å². The van der Waals surface area contributed by atoms with Gasteiger partial charge in [0.15, 0.2) is 0 Å². The maximum Gasteiger partial charge on any atom is 0.251 e. The first-order chi connectivity index (χ1) is 10.6. The van der Waals surface area contributed by atoms with Crippen molar-refractivity contribution in [3.05, 3.63) is 29.8 Å². The number of rotatable bonds is 6. The predicted molar refractivity (Wildman–Crippen MR) is 80.2 cm³/mol. The van der Waals surface area contributed by atoms with E-state index in [0.29, 0.717) is 45.0 Å². The molecule has 1 saturated heterocycles. The van der Waals surface area contributed by atoms with Crippen LogP contribution >= 0.6 is 0 Å². The van der Waals surface area contributed by atoms with Crippen LogP contribution in [0.1, 0.15) is 10.4 Å². The van der Waals surface area contributed by atoms with Crippen LogP contribution in [0.5, 0.6) is 0 Å². The van der Waals surface area contributed by atoms with Crippen LogP contribution in [0.2, 0.25) is 0 Å². The van der Waals surface area contributed by atoms with E-state index in [2.05, 4.69) is 5.32 Å². The highest BCUT2D eigenvalue weighted by Gasteiger charge is 2.26. The second-order valence-electron chi connectivity index (χ2n) is 4.79. The standard InChI is InChI=1S/C14H20N2O5S/c1-20-9-6-15-14(17)12-2-4-13(5-3-12)22(18,19)16-7-10-21-11-8-16/h2-5H,6-11H2,1H3,(H,15,17). The molecule has 0 atom stereocenters. The average Bonchev–Trinajstić information content (AvgIpc) is 2.56. The smallest absolute Gasteiger partial charge is 0.251 e. The van der Waals surface area contributed by atoms with Crippen molar-refractivity contribution >= 4 is 15.9 Å². The van der Waals surface area contributed by atoms with Crippen LogP contribution in [0.4, 0.5) is 0 Å². The van der Waals surface area contributed by atoms with E-state index in [4.69, 9.17) is 9.47 Å². The van der Waals surface area contributed by atoms with Crippen molar-refractivity contribution in [2.24, 2.45) is 0 Å². The van der Waals surface area contributed by atoms with Crippen LogP contribution in [0.15, 0.2) is 29.2 Å². The summed E-state index contributed by atoms with van der Waals surface area (Å²) in [4.78, 5) is 12.0. The lowest BCUT2D eigenvalue weighted by molar-refractivity contribution is 0.0730. The molecule has 0 aliphatic carbocycles. The molecule has 1 aromatic carbocycles. The number of amides is 1. The molecule has 22 heavy (non-hydrogen) atoms. The van der Waals surface area contributed by atoms with Crippen LogP contribution in [0.25, 0.3) is 0 Å². The van der Waals surface area contributed by atoms with E-state index in [1.54, 1.807) is 7.11 Å². The van der Waals surface area contributed by atoms with Gasteiger partial charge in [-0.05, 0) is 24.3 Å². The number of morpholine rings is 1. The van der Waals surface area contributed by atoms with Gasteiger partial charge in [0.2, 0.25) is 10.0 Å². The summed E-state index contributed by atoms with van der Waals surface area (Å²) in [5, 5.41) is 2.68. The fraction of sp³-hybridized carbons (Fsp3) is 0.500. The van der Waals surface area contributed by atoms with E-state index in [0.717, 1.165) is 0 Å². The van der Waals surface area contributed by atoms with Crippen LogP contribution in [-0.4, -0.2) is 65.2 Å². The van der Waals surface area contributed by atoms with Crippen molar-refractivity contribution < 1.29 is 22.7 Å². The zero-order valence-corrected chi connectivity index (χ0v) is 13.3. The lowest BCUT2D eigenvalue weighted by Crippen LogP contribution is -2.40. The van der Waals surface area contributed by atoms with Gasteiger partial charge in [-0.1, -0.05) is 0 Å². The molecule has 1 aliphatic rings. The second kappa shape index (κ2) is 7.68. The van der Waals surface area contributed by atoms with Gasteiger partial charge in [-0.25, -0.2) is 8.42 Å². The topological polar surface area (TPSA) is 84.9 Å². The fourth-order valence-corrected chi connectivity index (χ4v) is 3.49. The molecule has 0 aromatic heterocycles. The van der Waals surface area contributed by atoms with Gasteiger partial charge in [0.25, 0.3) is 5.91 Å². The third kappa shape index (κ3) is 4.04. The van der Waals surface area contributed by atoms with Gasteiger partial charge in [-0.2, -0.15) is 4.31 Å². The minimum absolute atomic E-state index is 0.183. The first-order valence-electron chi connectivity index (χ1n) is 7.01. The Kier molecular flexibility index (Phi) is 5.90. The molecule has 0 bridgehead atoms. The summed E-state index contributed by atoms with van der Waals surface area (Å²) in [7, 11) is -1.97. The first-order valence-corrected chi connectivity index (χ1v) is 8.45. The number of sulfonamides is 1. The molecule has 1 fully saturated rings. The van der Waals surface area contributed by atoms with Crippen LogP contribution in [0, 0.1) is 0 Å². The molecular weight excluding hydrogens is 308 g/mol. The van der Waals surface area contributed by atoms with Crippen LogP contribution < -0.4 is 5.32 Å². The number of hydrogen-bond donors (Lipinski definition) is 1. The molecule has 1 heterocycles. The third-order valence-corrected chi connectivity index (χ3v) is 5.23. The van der Waals surface area contributed by atoms with Crippen LogP contribution in [-0.2, 0) is 19.5 Å². The van der Waals surface area contributed by atoms with Crippen molar-refractivity contribution in [3.8, 4) is 0 Å². The Morgan fingerprint density at radius 1 is 1.27 bits per heavy atom. The summed E-state index contributed by atoms with van der Waals surface area (Å²) in [6.45, 7) is 2.33. The van der Waals surface area contributed by atoms with Gasteiger partial charge in [0.1, 0.15) is 0 Å². The van der Waals surface area contributed by atoms with Gasteiger partial charge >= 0.3 is 0 Å². The number of carbonyl (C=O) groups excluding carboxylic acids is 1. The zero-order chi connectivity index (χ0) is 16.0. The first kappa shape index (κ1) is 16.9. The molecule has 1 aromatic rings. The van der Waals surface area contributed by atoms with Crippen molar-refractivity contribution in [2.45, 2.75) is 4.90 Å². The molecule has 1 aliphatic heterocycles. The fourth-order valence-electron chi connectivity index (χ4n) is 2.08. The van der Waals surface area contributed by atoms with Crippen molar-refractivity contribution in [1.29, 1.82) is 0 Å². The van der Waals surface area contributed by atoms with Crippen molar-refractivity contribution in [1.82, 2.24) is 9.62 Å². The maximum atomic E-state index is 12.4. The van der Waals surface area contributed by atoms with E-state index in [1.807, 2.05) is 0 Å². The molecule has 0 unspecified atom stereocenters. The molecule has 0 radical (unpaired) electrons. The molecule has 122 valence electrons. The Labute approximate surface area is 130 Å². The number of hydrogen-bond acceptors (Lipinski definition) is 5. The Hall–Kier alpha value is -1.48. The number of nitrogens with one attached hydrogen (secondary N) is 1. The van der Waals surface area contributed by atoms with Gasteiger partial charge < -0.3 is 14.8 Å². The Balaban J connectivity index is 2.06. The summed E-state index contributed by atoms with van der Waals surface area (Å²) in [5.41, 5.74) is 0.414. The van der Waals surface area contributed by atoms with Gasteiger partial charge in [0, 0.05) is 32.3 Å². The Bertz CT molecular complexity index is 594. The number of nitrogens with zero attached hydrogens (tertiary/aromatic N) is 1. The summed E-state index contributed by atoms with van der Waals surface area (Å²) in [6.07, 6.45) is 0. The highest BCUT2D eigenvalue weighted by molar-refractivity contribution is 7.89. The molecule has 7 nitrogen and oxygen atoms in total. The van der Waals surface area contributed by atoms with Crippen molar-refractivity contribution in [2.75, 3.05) is 46.6 Å². The van der Waals surface area contributed by atoms with Gasteiger partial charge in [-0.15, -0.1) is 0 Å². The van der Waals surface area contributed by atoms with Gasteiger partial charge in [0.05, 0.1) is 24.7 Å². The van der Waals surface area contributed by atoms with Crippen LogP contribution in [0.3, 0.4) is 0 Å². The number of ether oxygens (including phenoxy) is 2. The SMILES string of the molecule is COCCNC(=O)c1ccc(S(=O)(=O)N2CCOCC2)cc1. The molecule has 1 amide bonds. The maximum absolute atomic E-state index is 12.4. The zero-order valence-electron chi connectivity index (χ0n) is 12.4. The lowest BCUT2D eigenvalue weighted by atomic mass is 10.2. The number of benzene rings is 1. The molecule has 0 saturated carbocycles. The third-order valence-electron chi connectivity index (χ3n) is 3.32. The summed E-state index contributed by atoms with van der Waals surface area (Å²) < 4.78 is 36.3. The number of carbonyl (C=O) groups is 1. The van der Waals surface area contributed by atoms with E-state index in [-0.39, 0.29) is 10.8 Å². The lowest BCUT2D eigenvalue weighted by Gasteiger charge is -2.26. The molecule has 8 heteroatoms. The predicted octanol–water partition coefficient (Wildman–Crippen LogP) is 0.0837. The minimum atomic E-state index is -3.52. The largest absolute Gasteiger partial charge is 0.383 e. The average molecular weight is 328 g/mol.